The summed E-state index contributed by atoms with van der Waals surface area (Å²) in [5, 5.41) is 0. The van der Waals surface area contributed by atoms with E-state index in [0.29, 0.717) is 30.2 Å². The Bertz CT molecular complexity index is 625. The molecule has 142 valence electrons. The summed E-state index contributed by atoms with van der Waals surface area (Å²) in [5.41, 5.74) is 0.457. The first-order chi connectivity index (χ1) is 12.7. The van der Waals surface area contributed by atoms with Crippen LogP contribution in [0, 0.1) is 5.92 Å². The second-order valence-corrected chi connectivity index (χ2v) is 6.99. The molecule has 0 radical (unpaired) electrons. The first-order valence-corrected chi connectivity index (χ1v) is 9.44. The van der Waals surface area contributed by atoms with Crippen LogP contribution >= 0.6 is 0 Å². The summed E-state index contributed by atoms with van der Waals surface area (Å²) >= 11 is 0. The Balaban J connectivity index is 1.65. The zero-order valence-electron chi connectivity index (χ0n) is 15.7. The maximum Gasteiger partial charge on any atom is 0.261 e. The summed E-state index contributed by atoms with van der Waals surface area (Å²) in [4.78, 5) is 29.5. The lowest BCUT2D eigenvalue weighted by atomic mass is 9.94. The fraction of sp³-hybridized carbons (Fsp3) is 0.600. The largest absolute Gasteiger partial charge is 0.496 e. The summed E-state index contributed by atoms with van der Waals surface area (Å²) in [5.74, 6) is 1.24. The van der Waals surface area contributed by atoms with Gasteiger partial charge in [0.25, 0.3) is 5.91 Å². The van der Waals surface area contributed by atoms with E-state index in [1.165, 1.54) is 6.42 Å². The lowest BCUT2D eigenvalue weighted by molar-refractivity contribution is -0.137. The van der Waals surface area contributed by atoms with Gasteiger partial charge in [0.15, 0.2) is 0 Å². The van der Waals surface area contributed by atoms with Gasteiger partial charge in [-0.05, 0) is 44.2 Å². The van der Waals surface area contributed by atoms with E-state index in [1.807, 2.05) is 4.90 Å². The van der Waals surface area contributed by atoms with Crippen LogP contribution in [0.15, 0.2) is 18.2 Å². The molecule has 0 spiro atoms. The van der Waals surface area contributed by atoms with Gasteiger partial charge in [-0.25, -0.2) is 0 Å². The van der Waals surface area contributed by atoms with Gasteiger partial charge in [-0.1, -0.05) is 6.07 Å². The second kappa shape index (κ2) is 8.43. The van der Waals surface area contributed by atoms with Gasteiger partial charge in [0.2, 0.25) is 5.91 Å². The van der Waals surface area contributed by atoms with Gasteiger partial charge in [0.1, 0.15) is 17.1 Å². The number of hydrogen-bond acceptors (Lipinski definition) is 4. The molecular formula is C20H28N2O4. The molecule has 6 nitrogen and oxygen atoms in total. The van der Waals surface area contributed by atoms with Gasteiger partial charge in [0.05, 0.1) is 14.2 Å². The number of carbonyl (C=O) groups is 2. The molecule has 1 aromatic rings. The number of piperidine rings is 2. The van der Waals surface area contributed by atoms with Gasteiger partial charge >= 0.3 is 0 Å². The molecule has 2 amide bonds. The van der Waals surface area contributed by atoms with Crippen molar-refractivity contribution in [2.45, 2.75) is 32.1 Å². The van der Waals surface area contributed by atoms with E-state index in [4.69, 9.17) is 9.47 Å². The SMILES string of the molecule is COc1cccc(OC)c1C(=O)N1CCC(C(=O)N2CCCCC2)CC1. The van der Waals surface area contributed by atoms with Crippen molar-refractivity contribution < 1.29 is 19.1 Å². The average Bonchev–Trinajstić information content (AvgIpc) is 2.72. The molecule has 0 atom stereocenters. The molecule has 2 aliphatic heterocycles. The lowest BCUT2D eigenvalue weighted by Crippen LogP contribution is -2.45. The summed E-state index contributed by atoms with van der Waals surface area (Å²) in [6.07, 6.45) is 4.88. The molecule has 0 saturated carbocycles. The van der Waals surface area contributed by atoms with Crippen molar-refractivity contribution in [3.63, 3.8) is 0 Å². The van der Waals surface area contributed by atoms with E-state index in [0.717, 1.165) is 38.8 Å². The van der Waals surface area contributed by atoms with Crippen molar-refractivity contribution >= 4 is 11.8 Å². The van der Waals surface area contributed by atoms with Crippen LogP contribution in [-0.2, 0) is 4.79 Å². The fourth-order valence-corrected chi connectivity index (χ4v) is 3.92. The number of methoxy groups -OCH3 is 2. The van der Waals surface area contributed by atoms with Crippen LogP contribution in [0.3, 0.4) is 0 Å². The highest BCUT2D eigenvalue weighted by atomic mass is 16.5. The molecule has 0 aromatic heterocycles. The van der Waals surface area contributed by atoms with E-state index in [1.54, 1.807) is 37.3 Å². The predicted molar refractivity (Wildman–Crippen MR) is 98.6 cm³/mol. The number of hydrogen-bond donors (Lipinski definition) is 0. The Morgan fingerprint density at radius 1 is 0.885 bits per heavy atom. The van der Waals surface area contributed by atoms with Crippen LogP contribution in [0.4, 0.5) is 0 Å². The minimum Gasteiger partial charge on any atom is -0.496 e. The van der Waals surface area contributed by atoms with Crippen LogP contribution in [-0.4, -0.2) is 62.0 Å². The van der Waals surface area contributed by atoms with Crippen molar-refractivity contribution in [2.75, 3.05) is 40.4 Å². The van der Waals surface area contributed by atoms with Crippen LogP contribution in [0.5, 0.6) is 11.5 Å². The molecule has 2 aliphatic rings. The molecule has 0 bridgehead atoms. The third-order valence-electron chi connectivity index (χ3n) is 5.44. The summed E-state index contributed by atoms with van der Waals surface area (Å²) in [6, 6.07) is 5.34. The number of benzene rings is 1. The average molecular weight is 360 g/mol. The Kier molecular flexibility index (Phi) is 6.01. The highest BCUT2D eigenvalue weighted by Gasteiger charge is 2.32. The molecule has 2 fully saturated rings. The highest BCUT2D eigenvalue weighted by molar-refractivity contribution is 6.00. The number of nitrogens with zero attached hydrogens (tertiary/aromatic N) is 2. The van der Waals surface area contributed by atoms with E-state index in [9.17, 15) is 9.59 Å². The minimum atomic E-state index is -0.0943. The summed E-state index contributed by atoms with van der Waals surface area (Å²) < 4.78 is 10.7. The Labute approximate surface area is 155 Å². The van der Waals surface area contributed by atoms with Crippen LogP contribution < -0.4 is 9.47 Å². The van der Waals surface area contributed by atoms with Gasteiger partial charge in [-0.2, -0.15) is 0 Å². The molecule has 26 heavy (non-hydrogen) atoms. The van der Waals surface area contributed by atoms with E-state index >= 15 is 0 Å². The molecule has 2 saturated heterocycles. The third-order valence-corrected chi connectivity index (χ3v) is 5.44. The van der Waals surface area contributed by atoms with Gasteiger partial charge in [0, 0.05) is 32.1 Å². The number of carbonyl (C=O) groups excluding carboxylic acids is 2. The predicted octanol–water partition coefficient (Wildman–Crippen LogP) is 2.57. The quantitative estimate of drug-likeness (QED) is 0.828. The molecule has 3 rings (SSSR count). The normalized spacial score (nSPS) is 18.5. The summed E-state index contributed by atoms with van der Waals surface area (Å²) in [6.45, 7) is 2.95. The lowest BCUT2D eigenvalue weighted by Gasteiger charge is -2.35. The number of likely N-dealkylation sites (tertiary alicyclic amines) is 2. The van der Waals surface area contributed by atoms with Gasteiger partial charge in [-0.3, -0.25) is 9.59 Å². The molecule has 6 heteroatoms. The maximum absolute atomic E-state index is 13.0. The number of ether oxygens (including phenoxy) is 2. The molecule has 0 N–H and O–H groups in total. The van der Waals surface area contributed by atoms with Crippen molar-refractivity contribution in [3.8, 4) is 11.5 Å². The Morgan fingerprint density at radius 3 is 2.00 bits per heavy atom. The Morgan fingerprint density at radius 2 is 1.46 bits per heavy atom. The van der Waals surface area contributed by atoms with Crippen LogP contribution in [0.2, 0.25) is 0 Å². The zero-order chi connectivity index (χ0) is 18.5. The smallest absolute Gasteiger partial charge is 0.261 e. The number of rotatable bonds is 4. The van der Waals surface area contributed by atoms with E-state index in [-0.39, 0.29) is 17.7 Å². The zero-order valence-corrected chi connectivity index (χ0v) is 15.7. The molecule has 0 aliphatic carbocycles. The maximum atomic E-state index is 13.0. The first-order valence-electron chi connectivity index (χ1n) is 9.44. The molecule has 1 aromatic carbocycles. The van der Waals surface area contributed by atoms with E-state index < -0.39 is 0 Å². The van der Waals surface area contributed by atoms with E-state index in [2.05, 4.69) is 0 Å². The highest BCUT2D eigenvalue weighted by Crippen LogP contribution is 2.31. The van der Waals surface area contributed by atoms with Crippen molar-refractivity contribution in [2.24, 2.45) is 5.92 Å². The Hall–Kier alpha value is -2.24. The molecule has 2 heterocycles. The first kappa shape index (κ1) is 18.5. The third kappa shape index (κ3) is 3.79. The van der Waals surface area contributed by atoms with Crippen LogP contribution in [0.1, 0.15) is 42.5 Å². The second-order valence-electron chi connectivity index (χ2n) is 6.99. The molecule has 0 unspecified atom stereocenters. The standard InChI is InChI=1S/C20H28N2O4/c1-25-16-7-6-8-17(26-2)18(16)20(24)22-13-9-15(10-14-22)19(23)21-11-4-3-5-12-21/h6-8,15H,3-5,9-14H2,1-2H3. The van der Waals surface area contributed by atoms with Crippen molar-refractivity contribution in [1.29, 1.82) is 0 Å². The van der Waals surface area contributed by atoms with Gasteiger partial charge in [-0.15, -0.1) is 0 Å². The fourth-order valence-electron chi connectivity index (χ4n) is 3.92. The van der Waals surface area contributed by atoms with Crippen molar-refractivity contribution in [1.82, 2.24) is 9.80 Å². The van der Waals surface area contributed by atoms with Gasteiger partial charge < -0.3 is 19.3 Å². The monoisotopic (exact) mass is 360 g/mol. The molecular weight excluding hydrogens is 332 g/mol. The van der Waals surface area contributed by atoms with Crippen molar-refractivity contribution in [3.05, 3.63) is 23.8 Å². The number of amides is 2. The topological polar surface area (TPSA) is 59.1 Å². The van der Waals surface area contributed by atoms with Crippen LogP contribution in [0.25, 0.3) is 0 Å². The minimum absolute atomic E-state index is 0.0386. The summed E-state index contributed by atoms with van der Waals surface area (Å²) in [7, 11) is 3.10.